The van der Waals surface area contributed by atoms with E-state index in [0.29, 0.717) is 17.1 Å². The van der Waals surface area contributed by atoms with E-state index in [9.17, 15) is 17.6 Å². The van der Waals surface area contributed by atoms with Crippen molar-refractivity contribution in [2.45, 2.75) is 19.5 Å². The number of aliphatic imine (C=N–C) groups is 1. The highest BCUT2D eigenvalue weighted by Crippen LogP contribution is 2.37. The van der Waals surface area contributed by atoms with Gasteiger partial charge in [0.15, 0.2) is 0 Å². The highest BCUT2D eigenvalue weighted by molar-refractivity contribution is 6.31. The van der Waals surface area contributed by atoms with E-state index >= 15 is 0 Å². The summed E-state index contributed by atoms with van der Waals surface area (Å²) in [6.45, 7) is 2.44. The first kappa shape index (κ1) is 19.2. The van der Waals surface area contributed by atoms with Crippen LogP contribution >= 0.6 is 11.6 Å². The predicted molar refractivity (Wildman–Crippen MR) is 92.1 cm³/mol. The number of rotatable bonds is 5. The molecule has 2 nitrogen and oxygen atoms in total. The zero-order chi connectivity index (χ0) is 18.6. The molecule has 0 aliphatic carbocycles. The Morgan fingerprint density at radius 2 is 1.84 bits per heavy atom. The molecular formula is C18H17ClF4N2. The first-order valence-corrected chi connectivity index (χ1v) is 7.97. The number of halogens is 5. The summed E-state index contributed by atoms with van der Waals surface area (Å²) in [5.41, 5.74) is -0.951. The summed E-state index contributed by atoms with van der Waals surface area (Å²) in [4.78, 5) is 5.45. The summed E-state index contributed by atoms with van der Waals surface area (Å²) < 4.78 is 54.5. The summed E-state index contributed by atoms with van der Waals surface area (Å²) >= 11 is 6.01. The molecule has 0 spiro atoms. The lowest BCUT2D eigenvalue weighted by molar-refractivity contribution is -0.138. The third-order valence-corrected chi connectivity index (χ3v) is 4.08. The van der Waals surface area contributed by atoms with Crippen LogP contribution in [-0.2, 0) is 12.6 Å². The van der Waals surface area contributed by atoms with Gasteiger partial charge in [0.2, 0.25) is 0 Å². The quantitative estimate of drug-likeness (QED) is 0.373. The second-order valence-electron chi connectivity index (χ2n) is 5.54. The van der Waals surface area contributed by atoms with Crippen molar-refractivity contribution in [2.24, 2.45) is 4.99 Å². The molecule has 2 aromatic carbocycles. The average molecular weight is 373 g/mol. The molecule has 0 aromatic heterocycles. The van der Waals surface area contributed by atoms with Gasteiger partial charge >= 0.3 is 6.18 Å². The van der Waals surface area contributed by atoms with Crippen molar-refractivity contribution in [2.75, 3.05) is 13.6 Å². The van der Waals surface area contributed by atoms with Gasteiger partial charge in [-0.3, -0.25) is 0 Å². The lowest BCUT2D eigenvalue weighted by atomic mass is 9.98. The molecule has 0 amide bonds. The second-order valence-corrected chi connectivity index (χ2v) is 5.95. The molecule has 0 fully saturated rings. The van der Waals surface area contributed by atoms with Crippen molar-refractivity contribution < 1.29 is 17.6 Å². The van der Waals surface area contributed by atoms with Crippen molar-refractivity contribution >= 4 is 23.6 Å². The molecule has 2 rings (SSSR count). The molecule has 134 valence electrons. The van der Waals surface area contributed by atoms with E-state index in [4.69, 9.17) is 11.6 Å². The van der Waals surface area contributed by atoms with Crippen molar-refractivity contribution in [3.8, 4) is 0 Å². The van der Waals surface area contributed by atoms with Gasteiger partial charge < -0.3 is 4.90 Å². The van der Waals surface area contributed by atoms with Crippen molar-refractivity contribution in [1.82, 2.24) is 4.90 Å². The Labute approximate surface area is 148 Å². The van der Waals surface area contributed by atoms with Crippen LogP contribution in [0.15, 0.2) is 41.4 Å². The van der Waals surface area contributed by atoms with E-state index in [-0.39, 0.29) is 17.7 Å². The molecule has 0 heterocycles. The molecule has 0 atom stereocenters. The molecule has 0 aliphatic rings. The first-order valence-electron chi connectivity index (χ1n) is 7.59. The highest BCUT2D eigenvalue weighted by atomic mass is 35.5. The van der Waals surface area contributed by atoms with Gasteiger partial charge in [0.25, 0.3) is 0 Å². The van der Waals surface area contributed by atoms with Crippen LogP contribution in [-0.4, -0.2) is 24.8 Å². The maximum atomic E-state index is 14.2. The number of hydrogen-bond donors (Lipinski definition) is 0. The third-order valence-electron chi connectivity index (χ3n) is 3.71. The Morgan fingerprint density at radius 3 is 2.44 bits per heavy atom. The molecule has 0 saturated heterocycles. The Bertz CT molecular complexity index is 772. The molecule has 25 heavy (non-hydrogen) atoms. The lowest BCUT2D eigenvalue weighted by Crippen LogP contribution is -2.14. The van der Waals surface area contributed by atoms with E-state index in [2.05, 4.69) is 4.99 Å². The van der Waals surface area contributed by atoms with Crippen LogP contribution in [0.5, 0.6) is 0 Å². The molecule has 7 heteroatoms. The van der Waals surface area contributed by atoms with E-state index in [1.165, 1.54) is 6.34 Å². The van der Waals surface area contributed by atoms with Gasteiger partial charge in [-0.05, 0) is 42.7 Å². The maximum absolute atomic E-state index is 14.2. The Morgan fingerprint density at radius 1 is 1.16 bits per heavy atom. The van der Waals surface area contributed by atoms with Gasteiger partial charge in [0.05, 0.1) is 11.9 Å². The van der Waals surface area contributed by atoms with E-state index in [1.54, 1.807) is 36.2 Å². The molecule has 0 N–H and O–H groups in total. The molecule has 2 aromatic rings. The molecule has 0 radical (unpaired) electrons. The van der Waals surface area contributed by atoms with Crippen LogP contribution in [0.1, 0.15) is 23.6 Å². The minimum atomic E-state index is -4.62. The number of benzene rings is 2. The fraction of sp³-hybridized carbons (Fsp3) is 0.278. The minimum absolute atomic E-state index is 0.121. The monoisotopic (exact) mass is 372 g/mol. The van der Waals surface area contributed by atoms with Gasteiger partial charge in [-0.2, -0.15) is 13.2 Å². The van der Waals surface area contributed by atoms with Crippen LogP contribution < -0.4 is 0 Å². The van der Waals surface area contributed by atoms with E-state index in [0.717, 1.165) is 12.1 Å². The maximum Gasteiger partial charge on any atom is 0.416 e. The van der Waals surface area contributed by atoms with Gasteiger partial charge in [-0.1, -0.05) is 29.8 Å². The summed E-state index contributed by atoms with van der Waals surface area (Å²) in [5.74, 6) is -0.809. The zero-order valence-electron chi connectivity index (χ0n) is 13.7. The first-order chi connectivity index (χ1) is 11.7. The topological polar surface area (TPSA) is 15.6 Å². The smallest absolute Gasteiger partial charge is 0.366 e. The van der Waals surface area contributed by atoms with E-state index in [1.807, 2.05) is 6.92 Å². The standard InChI is InChI=1S/C18H17ClF4N2/c1-3-25(2)11-24-17-10-14(18(21,22)23)13(9-16(17)20)8-12-6-4-5-7-15(12)19/h4-7,9-11H,3,8H2,1-2H3. The molecule has 0 bridgehead atoms. The highest BCUT2D eigenvalue weighted by Gasteiger charge is 2.34. The minimum Gasteiger partial charge on any atom is -0.366 e. The van der Waals surface area contributed by atoms with Gasteiger partial charge in [-0.25, -0.2) is 9.38 Å². The number of alkyl halides is 3. The summed E-state index contributed by atoms with van der Waals surface area (Å²) in [6.07, 6.45) is -3.44. The van der Waals surface area contributed by atoms with Crippen molar-refractivity contribution in [1.29, 1.82) is 0 Å². The SMILES string of the molecule is CCN(C)C=Nc1cc(C(F)(F)F)c(Cc2ccccc2Cl)cc1F. The molecule has 0 saturated carbocycles. The van der Waals surface area contributed by atoms with Gasteiger partial charge in [0, 0.05) is 18.6 Å². The van der Waals surface area contributed by atoms with Crippen molar-refractivity contribution in [3.05, 3.63) is 63.9 Å². The molecule has 0 aliphatic heterocycles. The van der Waals surface area contributed by atoms with Crippen LogP contribution in [0, 0.1) is 5.82 Å². The van der Waals surface area contributed by atoms with Crippen molar-refractivity contribution in [3.63, 3.8) is 0 Å². The zero-order valence-corrected chi connectivity index (χ0v) is 14.5. The molecular weight excluding hydrogens is 356 g/mol. The largest absolute Gasteiger partial charge is 0.416 e. The fourth-order valence-electron chi connectivity index (χ4n) is 2.20. The van der Waals surface area contributed by atoms with Crippen LogP contribution in [0.3, 0.4) is 0 Å². The van der Waals surface area contributed by atoms with Gasteiger partial charge in [-0.15, -0.1) is 0 Å². The van der Waals surface area contributed by atoms with Gasteiger partial charge in [0.1, 0.15) is 11.5 Å². The Kier molecular flexibility index (Phi) is 6.06. The summed E-state index contributed by atoms with van der Waals surface area (Å²) in [7, 11) is 1.69. The Hall–Kier alpha value is -2.08. The Balaban J connectivity index is 2.48. The lowest BCUT2D eigenvalue weighted by Gasteiger charge is -2.15. The van der Waals surface area contributed by atoms with E-state index < -0.39 is 17.6 Å². The summed E-state index contributed by atoms with van der Waals surface area (Å²) in [6, 6.07) is 8.16. The number of hydrogen-bond acceptors (Lipinski definition) is 1. The van der Waals surface area contributed by atoms with Crippen LogP contribution in [0.4, 0.5) is 23.2 Å². The fourth-order valence-corrected chi connectivity index (χ4v) is 2.40. The summed E-state index contributed by atoms with van der Waals surface area (Å²) in [5, 5.41) is 0.336. The average Bonchev–Trinajstić information content (AvgIpc) is 2.54. The normalized spacial score (nSPS) is 12.0. The molecule has 0 unspecified atom stereocenters. The second kappa shape index (κ2) is 7.87. The predicted octanol–water partition coefficient (Wildman–Crippen LogP) is 5.70. The third kappa shape index (κ3) is 4.95. The van der Waals surface area contributed by atoms with Crippen LogP contribution in [0.2, 0.25) is 5.02 Å². The number of nitrogens with zero attached hydrogens (tertiary/aromatic N) is 2. The van der Waals surface area contributed by atoms with Crippen LogP contribution in [0.25, 0.3) is 0 Å².